The molecule has 0 bridgehead atoms. The second-order valence-corrected chi connectivity index (χ2v) is 7.11. The molecule has 0 radical (unpaired) electrons. The van der Waals surface area contributed by atoms with Crippen molar-refractivity contribution in [3.8, 4) is 5.88 Å². The summed E-state index contributed by atoms with van der Waals surface area (Å²) >= 11 is 5.83. The molecule has 0 saturated carbocycles. The number of rotatable bonds is 4. The van der Waals surface area contributed by atoms with Gasteiger partial charge in [0.25, 0.3) is 5.91 Å². The Morgan fingerprint density at radius 2 is 2.11 bits per heavy atom. The highest BCUT2D eigenvalue weighted by atomic mass is 35.5. The minimum Gasteiger partial charge on any atom is -0.471 e. The highest BCUT2D eigenvalue weighted by Gasteiger charge is 2.31. The predicted octanol–water partition coefficient (Wildman–Crippen LogP) is 4.04. The molecule has 3 heterocycles. The summed E-state index contributed by atoms with van der Waals surface area (Å²) in [5.41, 5.74) is 3.28. The van der Waals surface area contributed by atoms with Gasteiger partial charge in [0.1, 0.15) is 18.0 Å². The average molecular weight is 383 g/mol. The molecular formula is C20H19ClN4O2. The van der Waals surface area contributed by atoms with Gasteiger partial charge in [-0.2, -0.15) is 5.10 Å². The highest BCUT2D eigenvalue weighted by molar-refractivity contribution is 6.30. The van der Waals surface area contributed by atoms with Crippen LogP contribution in [0.1, 0.15) is 34.7 Å². The Labute approximate surface area is 162 Å². The van der Waals surface area contributed by atoms with Crippen LogP contribution >= 0.6 is 11.6 Å². The molecule has 0 aliphatic carbocycles. The SMILES string of the molecule is Cc1cccc(N2C[C@@H](C)n3nc(COc4ccc(Cl)cn4)cc3C2=O)c1. The van der Waals surface area contributed by atoms with Crippen LogP contribution < -0.4 is 9.64 Å². The maximum atomic E-state index is 13.0. The Kier molecular flexibility index (Phi) is 4.58. The van der Waals surface area contributed by atoms with Crippen molar-refractivity contribution >= 4 is 23.2 Å². The van der Waals surface area contributed by atoms with Gasteiger partial charge in [-0.25, -0.2) is 4.98 Å². The molecule has 27 heavy (non-hydrogen) atoms. The summed E-state index contributed by atoms with van der Waals surface area (Å²) in [5.74, 6) is 0.410. The summed E-state index contributed by atoms with van der Waals surface area (Å²) in [6, 6.07) is 13.2. The predicted molar refractivity (Wildman–Crippen MR) is 103 cm³/mol. The molecule has 6 nitrogen and oxygen atoms in total. The first-order chi connectivity index (χ1) is 13.0. The molecular weight excluding hydrogens is 364 g/mol. The molecule has 0 fully saturated rings. The second kappa shape index (κ2) is 7.04. The summed E-state index contributed by atoms with van der Waals surface area (Å²) in [7, 11) is 0. The fourth-order valence-corrected chi connectivity index (χ4v) is 3.30. The van der Waals surface area contributed by atoms with Crippen LogP contribution in [0.3, 0.4) is 0 Å². The topological polar surface area (TPSA) is 60.3 Å². The molecule has 4 rings (SSSR count). The van der Waals surface area contributed by atoms with E-state index in [2.05, 4.69) is 17.0 Å². The lowest BCUT2D eigenvalue weighted by molar-refractivity contribution is 0.0953. The maximum absolute atomic E-state index is 13.0. The van der Waals surface area contributed by atoms with E-state index in [0.29, 0.717) is 28.8 Å². The number of carbonyl (C=O) groups is 1. The minimum atomic E-state index is -0.0536. The summed E-state index contributed by atoms with van der Waals surface area (Å²) in [6.07, 6.45) is 1.53. The third-order valence-electron chi connectivity index (χ3n) is 4.50. The van der Waals surface area contributed by atoms with Crippen molar-refractivity contribution in [2.45, 2.75) is 26.5 Å². The minimum absolute atomic E-state index is 0.0536. The van der Waals surface area contributed by atoms with Crippen LogP contribution in [-0.2, 0) is 6.61 Å². The van der Waals surface area contributed by atoms with E-state index in [0.717, 1.165) is 11.3 Å². The molecule has 1 aliphatic rings. The normalized spacial score (nSPS) is 16.3. The second-order valence-electron chi connectivity index (χ2n) is 6.67. The third-order valence-corrected chi connectivity index (χ3v) is 4.72. The van der Waals surface area contributed by atoms with Gasteiger partial charge in [0.2, 0.25) is 5.88 Å². The summed E-state index contributed by atoms with van der Waals surface area (Å²) in [6.45, 7) is 4.89. The molecule has 3 aromatic rings. The van der Waals surface area contributed by atoms with Crippen LogP contribution in [0.2, 0.25) is 5.02 Å². The van der Waals surface area contributed by atoms with Gasteiger partial charge >= 0.3 is 0 Å². The van der Waals surface area contributed by atoms with E-state index < -0.39 is 0 Å². The zero-order valence-electron chi connectivity index (χ0n) is 15.1. The molecule has 2 aromatic heterocycles. The standard InChI is InChI=1S/C20H19ClN4O2/c1-13-4-3-5-17(8-13)24-11-14(2)25-18(20(24)26)9-16(23-25)12-27-19-7-6-15(21)10-22-19/h3-10,14H,11-12H2,1-2H3/t14-/m1/s1. The highest BCUT2D eigenvalue weighted by Crippen LogP contribution is 2.27. The Morgan fingerprint density at radius 1 is 1.26 bits per heavy atom. The lowest BCUT2D eigenvalue weighted by Crippen LogP contribution is -2.42. The number of hydrogen-bond donors (Lipinski definition) is 0. The van der Waals surface area contributed by atoms with Gasteiger partial charge in [-0.3, -0.25) is 9.48 Å². The molecule has 1 atom stereocenters. The number of pyridine rings is 1. The largest absolute Gasteiger partial charge is 0.471 e. The van der Waals surface area contributed by atoms with Crippen molar-refractivity contribution in [2.24, 2.45) is 0 Å². The van der Waals surface area contributed by atoms with Gasteiger partial charge in [0.15, 0.2) is 0 Å². The van der Waals surface area contributed by atoms with Crippen molar-refractivity contribution in [3.63, 3.8) is 0 Å². The Balaban J connectivity index is 1.55. The van der Waals surface area contributed by atoms with Gasteiger partial charge in [0.05, 0.1) is 11.1 Å². The Hall–Kier alpha value is -2.86. The van der Waals surface area contributed by atoms with Crippen molar-refractivity contribution in [1.82, 2.24) is 14.8 Å². The Morgan fingerprint density at radius 3 is 2.85 bits per heavy atom. The van der Waals surface area contributed by atoms with Gasteiger partial charge in [-0.1, -0.05) is 23.7 Å². The first-order valence-corrected chi connectivity index (χ1v) is 9.10. The summed E-state index contributed by atoms with van der Waals surface area (Å²) in [4.78, 5) is 18.9. The molecule has 1 amide bonds. The first-order valence-electron chi connectivity index (χ1n) is 8.72. The maximum Gasteiger partial charge on any atom is 0.276 e. The fraction of sp³-hybridized carbons (Fsp3) is 0.250. The zero-order chi connectivity index (χ0) is 19.0. The zero-order valence-corrected chi connectivity index (χ0v) is 15.8. The number of aryl methyl sites for hydroxylation is 1. The van der Waals surface area contributed by atoms with Crippen LogP contribution in [0, 0.1) is 6.92 Å². The third kappa shape index (κ3) is 3.53. The van der Waals surface area contributed by atoms with Crippen LogP contribution in [0.25, 0.3) is 0 Å². The summed E-state index contributed by atoms with van der Waals surface area (Å²) < 4.78 is 7.43. The van der Waals surface area contributed by atoms with Crippen LogP contribution in [0.4, 0.5) is 5.69 Å². The number of nitrogens with zero attached hydrogens (tertiary/aromatic N) is 4. The lowest BCUT2D eigenvalue weighted by atomic mass is 10.1. The number of anilines is 1. The number of amides is 1. The van der Waals surface area contributed by atoms with E-state index in [4.69, 9.17) is 16.3 Å². The molecule has 138 valence electrons. The quantitative estimate of drug-likeness (QED) is 0.683. The molecule has 1 aromatic carbocycles. The number of ether oxygens (including phenoxy) is 1. The number of halogens is 1. The molecule has 1 aliphatic heterocycles. The van der Waals surface area contributed by atoms with Gasteiger partial charge in [-0.15, -0.1) is 0 Å². The molecule has 0 unspecified atom stereocenters. The van der Waals surface area contributed by atoms with E-state index in [1.54, 1.807) is 27.8 Å². The molecule has 0 saturated heterocycles. The van der Waals surface area contributed by atoms with Crippen molar-refractivity contribution in [1.29, 1.82) is 0 Å². The van der Waals surface area contributed by atoms with E-state index >= 15 is 0 Å². The molecule has 7 heteroatoms. The molecule has 0 spiro atoms. The number of benzene rings is 1. The molecule has 0 N–H and O–H groups in total. The van der Waals surface area contributed by atoms with Gasteiger partial charge < -0.3 is 9.64 Å². The van der Waals surface area contributed by atoms with Crippen molar-refractivity contribution in [2.75, 3.05) is 11.4 Å². The lowest BCUT2D eigenvalue weighted by Gasteiger charge is -2.32. The average Bonchev–Trinajstić information content (AvgIpc) is 3.09. The fourth-order valence-electron chi connectivity index (χ4n) is 3.19. The van der Waals surface area contributed by atoms with Crippen LogP contribution in [-0.4, -0.2) is 27.2 Å². The van der Waals surface area contributed by atoms with Gasteiger partial charge in [0, 0.05) is 24.5 Å². The van der Waals surface area contributed by atoms with Crippen LogP contribution in [0.15, 0.2) is 48.7 Å². The number of hydrogen-bond acceptors (Lipinski definition) is 4. The summed E-state index contributed by atoms with van der Waals surface area (Å²) in [5, 5.41) is 5.10. The van der Waals surface area contributed by atoms with E-state index in [-0.39, 0.29) is 18.6 Å². The van der Waals surface area contributed by atoms with Gasteiger partial charge in [-0.05, 0) is 43.7 Å². The smallest absolute Gasteiger partial charge is 0.276 e. The van der Waals surface area contributed by atoms with Crippen molar-refractivity contribution in [3.05, 3.63) is 70.6 Å². The number of fused-ring (bicyclic) bond motifs is 1. The number of carbonyl (C=O) groups excluding carboxylic acids is 1. The first kappa shape index (κ1) is 17.5. The Bertz CT molecular complexity index is 984. The van der Waals surface area contributed by atoms with E-state index in [1.165, 1.54) is 6.20 Å². The monoisotopic (exact) mass is 382 g/mol. The van der Waals surface area contributed by atoms with Crippen LogP contribution in [0.5, 0.6) is 5.88 Å². The van der Waals surface area contributed by atoms with E-state index in [9.17, 15) is 4.79 Å². The number of aromatic nitrogens is 3. The van der Waals surface area contributed by atoms with Crippen molar-refractivity contribution < 1.29 is 9.53 Å². The van der Waals surface area contributed by atoms with E-state index in [1.807, 2.05) is 31.2 Å².